The number of carbonyl (C=O) groups is 2. The molecule has 5 heterocycles. The van der Waals surface area contributed by atoms with E-state index in [9.17, 15) is 9.59 Å². The number of hydrogen-bond donors (Lipinski definition) is 0. The molecule has 6 rings (SSSR count). The van der Waals surface area contributed by atoms with Crippen molar-refractivity contribution in [2.45, 2.75) is 150 Å². The lowest BCUT2D eigenvalue weighted by Gasteiger charge is -2.30. The average Bonchev–Trinajstić information content (AvgIpc) is 3.89. The third-order valence-corrected chi connectivity index (χ3v) is 21.5. The van der Waals surface area contributed by atoms with E-state index in [0.717, 1.165) is 35.4 Å². The minimum absolute atomic E-state index is 0.0715. The minimum atomic E-state index is -2.40. The number of fused-ring (bicyclic) bond motifs is 4. The zero-order valence-electron chi connectivity index (χ0n) is 33.5. The fourth-order valence-electron chi connectivity index (χ4n) is 8.43. The quantitative estimate of drug-likeness (QED) is 0.0686. The van der Waals surface area contributed by atoms with Crippen LogP contribution < -0.4 is 15.6 Å². The Bertz CT molecular complexity index is 1930. The molecule has 0 saturated heterocycles. The first-order valence-electron chi connectivity index (χ1n) is 20.1. The number of nitrogens with zero attached hydrogens (tertiary/aromatic N) is 1. The van der Waals surface area contributed by atoms with E-state index in [1.165, 1.54) is 80.0 Å². The molecule has 0 bridgehead atoms. The second-order valence-corrected chi connectivity index (χ2v) is 24.7. The van der Waals surface area contributed by atoms with Crippen LogP contribution in [-0.4, -0.2) is 31.3 Å². The third kappa shape index (κ3) is 7.13. The maximum absolute atomic E-state index is 14.5. The maximum Gasteiger partial charge on any atom is 0.263 e. The summed E-state index contributed by atoms with van der Waals surface area (Å²) in [6.07, 6.45) is 12.0. The number of unbranched alkanes of at least 4 members (excludes halogenated alkanes) is 6. The van der Waals surface area contributed by atoms with Gasteiger partial charge in [-0.15, -0.1) is 34.0 Å². The lowest BCUT2D eigenvalue weighted by Crippen LogP contribution is -2.64. The van der Waals surface area contributed by atoms with Crippen LogP contribution in [0.5, 0.6) is 0 Å². The highest BCUT2D eigenvalue weighted by atomic mass is 32.1. The van der Waals surface area contributed by atoms with Gasteiger partial charge in [0, 0.05) is 30.9 Å². The first kappa shape index (κ1) is 39.4. The summed E-state index contributed by atoms with van der Waals surface area (Å²) in [7, 11) is -2.40. The van der Waals surface area contributed by atoms with Crippen LogP contribution in [0.1, 0.15) is 163 Å². The monoisotopic (exact) mass is 771 g/mol. The standard InChI is InChI=1S/C45H61NO2S3Si/c1-11-14-16-17-18-19-24-52(31-23-20-21-29(4)25-31)33-26-32(49-39(33)40-34(52)27-35(50-40)44(5,6)7)38-36-37(41(51-38)45(8,9)10)43(48)46(42(36)47)28-30(13-3)22-15-12-2/h20-21,23,25-27,30H,11-19,22,24,28H2,1-10H3. The van der Waals surface area contributed by atoms with Crippen LogP contribution in [0.25, 0.3) is 19.5 Å². The molecule has 2 amide bonds. The summed E-state index contributed by atoms with van der Waals surface area (Å²) in [5, 5.41) is 4.66. The highest BCUT2D eigenvalue weighted by molar-refractivity contribution is 7.33. The molecular formula is C45H61NO2S3Si. The van der Waals surface area contributed by atoms with Crippen molar-refractivity contribution in [3.63, 3.8) is 0 Å². The fraction of sp³-hybridized carbons (Fsp3) is 0.556. The van der Waals surface area contributed by atoms with Gasteiger partial charge in [-0.2, -0.15) is 0 Å². The molecule has 0 radical (unpaired) electrons. The van der Waals surface area contributed by atoms with Gasteiger partial charge in [-0.05, 0) is 63.8 Å². The molecule has 2 aliphatic rings. The lowest BCUT2D eigenvalue weighted by molar-refractivity contribution is 0.0623. The van der Waals surface area contributed by atoms with Gasteiger partial charge in [-0.3, -0.25) is 14.5 Å². The Hall–Kier alpha value is -2.32. The number of carbonyl (C=O) groups excluding carboxylic acids is 2. The van der Waals surface area contributed by atoms with E-state index in [4.69, 9.17) is 0 Å². The third-order valence-electron chi connectivity index (χ3n) is 11.5. The summed E-state index contributed by atoms with van der Waals surface area (Å²) in [5.74, 6) is 0.185. The Kier molecular flexibility index (Phi) is 11.7. The Morgan fingerprint density at radius 3 is 2.02 bits per heavy atom. The lowest BCUT2D eigenvalue weighted by atomic mass is 9.90. The normalized spacial score (nSPS) is 17.6. The fourth-order valence-corrected chi connectivity index (χ4v) is 19.1. The van der Waals surface area contributed by atoms with Gasteiger partial charge in [0.15, 0.2) is 8.07 Å². The average molecular weight is 772 g/mol. The second kappa shape index (κ2) is 15.4. The van der Waals surface area contributed by atoms with Gasteiger partial charge in [-0.25, -0.2) is 0 Å². The second-order valence-electron chi connectivity index (χ2n) is 17.6. The zero-order valence-corrected chi connectivity index (χ0v) is 37.0. The Morgan fingerprint density at radius 1 is 0.712 bits per heavy atom. The summed E-state index contributed by atoms with van der Waals surface area (Å²) < 4.78 is 0. The van der Waals surface area contributed by atoms with Gasteiger partial charge >= 0.3 is 0 Å². The largest absolute Gasteiger partial charge is 0.274 e. The van der Waals surface area contributed by atoms with Gasteiger partial charge in [0.25, 0.3) is 11.8 Å². The first-order chi connectivity index (χ1) is 24.7. The van der Waals surface area contributed by atoms with Crippen molar-refractivity contribution in [1.82, 2.24) is 4.90 Å². The van der Waals surface area contributed by atoms with Crippen LogP contribution in [0.4, 0.5) is 0 Å². The van der Waals surface area contributed by atoms with E-state index < -0.39 is 8.07 Å². The van der Waals surface area contributed by atoms with E-state index in [2.05, 4.69) is 106 Å². The Balaban J connectivity index is 1.52. The van der Waals surface area contributed by atoms with E-state index in [1.54, 1.807) is 21.4 Å². The molecule has 0 spiro atoms. The number of benzene rings is 1. The van der Waals surface area contributed by atoms with Crippen LogP contribution >= 0.6 is 34.0 Å². The van der Waals surface area contributed by atoms with Crippen molar-refractivity contribution in [3.8, 4) is 19.5 Å². The minimum Gasteiger partial charge on any atom is -0.274 e. The van der Waals surface area contributed by atoms with E-state index in [-0.39, 0.29) is 22.6 Å². The predicted octanol–water partition coefficient (Wildman–Crippen LogP) is 12.1. The van der Waals surface area contributed by atoms with Crippen LogP contribution in [0.3, 0.4) is 0 Å². The van der Waals surface area contributed by atoms with Crippen LogP contribution in [0.2, 0.25) is 6.04 Å². The molecule has 2 aliphatic heterocycles. The molecule has 2 atom stereocenters. The highest BCUT2D eigenvalue weighted by Crippen LogP contribution is 2.51. The SMILES string of the molecule is CCCCCCCC[Si]1(c2cccc(C)c2)c2cc(-c3sc(C(C)(C)C)c4c3C(=O)N(CC(CC)CCCC)C4=O)sc2-c2sc(C(C)(C)C)cc21. The van der Waals surface area contributed by atoms with Crippen LogP contribution in [-0.2, 0) is 10.8 Å². The Labute approximate surface area is 327 Å². The topological polar surface area (TPSA) is 37.4 Å². The number of imide groups is 1. The molecule has 0 N–H and O–H groups in total. The molecule has 52 heavy (non-hydrogen) atoms. The van der Waals surface area contributed by atoms with Gasteiger partial charge in [0.2, 0.25) is 0 Å². The molecule has 3 nitrogen and oxygen atoms in total. The molecule has 7 heteroatoms. The highest BCUT2D eigenvalue weighted by Gasteiger charge is 2.51. The molecule has 280 valence electrons. The van der Waals surface area contributed by atoms with Crippen molar-refractivity contribution in [2.24, 2.45) is 5.92 Å². The van der Waals surface area contributed by atoms with Crippen LogP contribution in [0.15, 0.2) is 36.4 Å². The number of rotatable bonds is 15. The van der Waals surface area contributed by atoms with Gasteiger partial charge < -0.3 is 0 Å². The molecular weight excluding hydrogens is 711 g/mol. The predicted molar refractivity (Wildman–Crippen MR) is 231 cm³/mol. The van der Waals surface area contributed by atoms with Crippen molar-refractivity contribution in [2.75, 3.05) is 6.54 Å². The Morgan fingerprint density at radius 2 is 1.37 bits per heavy atom. The van der Waals surface area contributed by atoms with Crippen molar-refractivity contribution in [3.05, 3.63) is 62.8 Å². The molecule has 4 aromatic rings. The molecule has 2 unspecified atom stereocenters. The summed E-state index contributed by atoms with van der Waals surface area (Å²) in [6, 6.07) is 15.7. The summed E-state index contributed by atoms with van der Waals surface area (Å²) >= 11 is 5.60. The van der Waals surface area contributed by atoms with Crippen LogP contribution in [0, 0.1) is 12.8 Å². The summed E-state index contributed by atoms with van der Waals surface area (Å²) in [4.78, 5) is 38.0. The van der Waals surface area contributed by atoms with Crippen molar-refractivity contribution < 1.29 is 9.59 Å². The molecule has 0 aliphatic carbocycles. The number of amides is 2. The molecule has 0 saturated carbocycles. The maximum atomic E-state index is 14.5. The first-order valence-corrected chi connectivity index (χ1v) is 24.7. The smallest absolute Gasteiger partial charge is 0.263 e. The van der Waals surface area contributed by atoms with E-state index >= 15 is 0 Å². The number of hydrogen-bond acceptors (Lipinski definition) is 5. The van der Waals surface area contributed by atoms with Gasteiger partial charge in [0.05, 0.1) is 16.0 Å². The number of thiophene rings is 3. The molecule has 3 aromatic heterocycles. The van der Waals surface area contributed by atoms with Gasteiger partial charge in [0.1, 0.15) is 0 Å². The van der Waals surface area contributed by atoms with Crippen molar-refractivity contribution >= 4 is 69.5 Å². The van der Waals surface area contributed by atoms with Crippen molar-refractivity contribution in [1.29, 1.82) is 0 Å². The molecule has 1 aromatic carbocycles. The van der Waals surface area contributed by atoms with E-state index in [1.807, 2.05) is 22.7 Å². The zero-order chi connectivity index (χ0) is 37.6. The summed E-state index contributed by atoms with van der Waals surface area (Å²) in [6.45, 7) is 23.1. The van der Waals surface area contributed by atoms with Gasteiger partial charge in [-0.1, -0.05) is 150 Å². The summed E-state index contributed by atoms with van der Waals surface area (Å²) in [5.41, 5.74) is 2.50. The molecule has 0 fully saturated rings. The van der Waals surface area contributed by atoms with E-state index in [0.29, 0.717) is 23.6 Å². The number of aryl methyl sites for hydroxylation is 1.